The van der Waals surface area contributed by atoms with Crippen molar-refractivity contribution in [1.29, 1.82) is 0 Å². The zero-order valence-corrected chi connectivity index (χ0v) is 16.5. The fraction of sp³-hybridized carbons (Fsp3) is 0.435. The van der Waals surface area contributed by atoms with E-state index in [1.165, 1.54) is 68.4 Å². The quantitative estimate of drug-likeness (QED) is 0.473. The van der Waals surface area contributed by atoms with Gasteiger partial charge in [0, 0.05) is 16.0 Å². The Labute approximate surface area is 164 Å². The largest absolute Gasteiger partial charge is 0.281 e. The smallest absolute Gasteiger partial charge is 0.263 e. The summed E-state index contributed by atoms with van der Waals surface area (Å²) in [7, 11) is 0. The molecule has 0 amide bonds. The number of hydrogen-bond acceptors (Lipinski definition) is 2. The summed E-state index contributed by atoms with van der Waals surface area (Å²) in [5.41, 5.74) is 1.75. The van der Waals surface area contributed by atoms with Gasteiger partial charge in [-0.15, -0.1) is 0 Å². The molecule has 0 aromatic heterocycles. The van der Waals surface area contributed by atoms with Gasteiger partial charge in [-0.1, -0.05) is 56.2 Å². The van der Waals surface area contributed by atoms with Gasteiger partial charge in [0.15, 0.2) is 0 Å². The van der Waals surface area contributed by atoms with Crippen LogP contribution in [-0.2, 0) is 0 Å². The lowest BCUT2D eigenvalue weighted by molar-refractivity contribution is 0.108. The molecule has 1 saturated carbocycles. The standard InChI is InChI=1S/C23H26F2OS/c1-2-3-16-4-6-17(7-5-16)18-12-14-21(15-13-18)27-23(26)20-10-8-19(9-11-20)22(24)25/h8-17,22H,2-7H2,1H3. The number of carbonyl (C=O) groups is 1. The fourth-order valence-corrected chi connectivity index (χ4v) is 4.67. The first-order valence-electron chi connectivity index (χ1n) is 9.77. The van der Waals surface area contributed by atoms with Crippen LogP contribution >= 0.6 is 11.8 Å². The van der Waals surface area contributed by atoms with Crippen LogP contribution in [0, 0.1) is 5.92 Å². The molecule has 0 heterocycles. The summed E-state index contributed by atoms with van der Waals surface area (Å²) in [4.78, 5) is 13.2. The molecule has 1 fully saturated rings. The molecule has 27 heavy (non-hydrogen) atoms. The van der Waals surface area contributed by atoms with Gasteiger partial charge in [-0.25, -0.2) is 8.78 Å². The molecule has 0 unspecified atom stereocenters. The predicted molar refractivity (Wildman–Crippen MR) is 108 cm³/mol. The van der Waals surface area contributed by atoms with Gasteiger partial charge in [0.25, 0.3) is 6.43 Å². The number of alkyl halides is 2. The van der Waals surface area contributed by atoms with Crippen LogP contribution in [0.25, 0.3) is 0 Å². The second kappa shape index (κ2) is 9.50. The first-order valence-corrected chi connectivity index (χ1v) is 10.6. The molecule has 0 aliphatic heterocycles. The van der Waals surface area contributed by atoms with Crippen LogP contribution in [-0.4, -0.2) is 5.12 Å². The Hall–Kier alpha value is -1.68. The minimum Gasteiger partial charge on any atom is -0.281 e. The number of carbonyl (C=O) groups excluding carboxylic acids is 1. The Balaban J connectivity index is 1.56. The van der Waals surface area contributed by atoms with Crippen molar-refractivity contribution >= 4 is 16.9 Å². The maximum Gasteiger partial charge on any atom is 0.263 e. The molecule has 1 aliphatic carbocycles. The molecule has 0 N–H and O–H groups in total. The minimum absolute atomic E-state index is 0.0606. The third kappa shape index (κ3) is 5.41. The van der Waals surface area contributed by atoms with E-state index in [0.29, 0.717) is 11.5 Å². The minimum atomic E-state index is -2.51. The topological polar surface area (TPSA) is 17.1 Å². The van der Waals surface area contributed by atoms with Gasteiger partial charge >= 0.3 is 0 Å². The SMILES string of the molecule is CCCC1CCC(c2ccc(SC(=O)c3ccc(C(F)F)cc3)cc2)CC1. The summed E-state index contributed by atoms with van der Waals surface area (Å²) in [5, 5.41) is -0.122. The maximum absolute atomic E-state index is 12.6. The van der Waals surface area contributed by atoms with Gasteiger partial charge in [-0.05, 0) is 67.0 Å². The van der Waals surface area contributed by atoms with Crippen LogP contribution in [0.1, 0.15) is 79.3 Å². The van der Waals surface area contributed by atoms with E-state index in [0.717, 1.165) is 22.6 Å². The van der Waals surface area contributed by atoms with Gasteiger partial charge in [-0.3, -0.25) is 4.79 Å². The van der Waals surface area contributed by atoms with E-state index in [9.17, 15) is 13.6 Å². The van der Waals surface area contributed by atoms with E-state index in [2.05, 4.69) is 19.1 Å². The Morgan fingerprint density at radius 1 is 1.00 bits per heavy atom. The van der Waals surface area contributed by atoms with Crippen molar-refractivity contribution in [3.63, 3.8) is 0 Å². The highest BCUT2D eigenvalue weighted by Crippen LogP contribution is 2.38. The van der Waals surface area contributed by atoms with Crippen molar-refractivity contribution in [2.75, 3.05) is 0 Å². The normalized spacial score (nSPS) is 20.0. The van der Waals surface area contributed by atoms with Crippen LogP contribution in [0.3, 0.4) is 0 Å². The molecule has 3 rings (SSSR count). The summed E-state index contributed by atoms with van der Waals surface area (Å²) in [6.45, 7) is 2.26. The number of hydrogen-bond donors (Lipinski definition) is 0. The highest BCUT2D eigenvalue weighted by atomic mass is 32.2. The van der Waals surface area contributed by atoms with Crippen molar-refractivity contribution < 1.29 is 13.6 Å². The molecule has 0 radical (unpaired) electrons. The van der Waals surface area contributed by atoms with Crippen LogP contribution in [0.5, 0.6) is 0 Å². The third-order valence-electron chi connectivity index (χ3n) is 5.50. The molecule has 0 atom stereocenters. The number of halogens is 2. The average Bonchev–Trinajstić information content (AvgIpc) is 2.69. The summed E-state index contributed by atoms with van der Waals surface area (Å²) in [5.74, 6) is 1.53. The van der Waals surface area contributed by atoms with Crippen molar-refractivity contribution in [2.45, 2.75) is 62.7 Å². The Morgan fingerprint density at radius 3 is 2.19 bits per heavy atom. The van der Waals surface area contributed by atoms with Gasteiger partial charge < -0.3 is 0 Å². The first-order chi connectivity index (χ1) is 13.1. The zero-order valence-electron chi connectivity index (χ0n) is 15.7. The van der Waals surface area contributed by atoms with Crippen molar-refractivity contribution in [3.05, 3.63) is 65.2 Å². The van der Waals surface area contributed by atoms with Crippen molar-refractivity contribution in [3.8, 4) is 0 Å². The summed E-state index contributed by atoms with van der Waals surface area (Å²) in [6, 6.07) is 13.9. The van der Waals surface area contributed by atoms with Gasteiger partial charge in [0.05, 0.1) is 0 Å². The molecule has 0 saturated heterocycles. The summed E-state index contributed by atoms with van der Waals surface area (Å²) < 4.78 is 25.2. The average molecular weight is 389 g/mol. The zero-order chi connectivity index (χ0) is 19.2. The highest BCUT2D eigenvalue weighted by molar-refractivity contribution is 8.14. The van der Waals surface area contributed by atoms with E-state index < -0.39 is 6.43 Å². The summed E-state index contributed by atoms with van der Waals surface area (Å²) >= 11 is 1.15. The van der Waals surface area contributed by atoms with Crippen molar-refractivity contribution in [1.82, 2.24) is 0 Å². The second-order valence-corrected chi connectivity index (χ2v) is 8.43. The van der Waals surface area contributed by atoms with Crippen LogP contribution in [0.15, 0.2) is 53.4 Å². The molecule has 144 valence electrons. The molecule has 2 aromatic carbocycles. The van der Waals surface area contributed by atoms with E-state index in [1.807, 2.05) is 12.1 Å². The number of benzene rings is 2. The van der Waals surface area contributed by atoms with Crippen molar-refractivity contribution in [2.24, 2.45) is 5.92 Å². The number of thioether (sulfide) groups is 1. The Bertz CT molecular complexity index is 732. The Kier molecular flexibility index (Phi) is 7.06. The molecule has 1 aliphatic rings. The van der Waals surface area contributed by atoms with Gasteiger partial charge in [0.2, 0.25) is 5.12 Å². The van der Waals surface area contributed by atoms with Gasteiger partial charge in [-0.2, -0.15) is 0 Å². The van der Waals surface area contributed by atoms with E-state index in [-0.39, 0.29) is 10.7 Å². The van der Waals surface area contributed by atoms with E-state index in [4.69, 9.17) is 0 Å². The van der Waals surface area contributed by atoms with Crippen LogP contribution in [0.4, 0.5) is 8.78 Å². The highest BCUT2D eigenvalue weighted by Gasteiger charge is 2.21. The van der Waals surface area contributed by atoms with Gasteiger partial charge in [0.1, 0.15) is 0 Å². The lowest BCUT2D eigenvalue weighted by atomic mass is 9.77. The van der Waals surface area contributed by atoms with E-state index >= 15 is 0 Å². The predicted octanol–water partition coefficient (Wildman–Crippen LogP) is 7.63. The molecular weight excluding hydrogens is 362 g/mol. The lowest BCUT2D eigenvalue weighted by Crippen LogP contribution is -2.13. The fourth-order valence-electron chi connectivity index (χ4n) is 3.93. The second-order valence-electron chi connectivity index (χ2n) is 7.39. The number of rotatable bonds is 6. The summed E-state index contributed by atoms with van der Waals surface area (Å²) in [6.07, 6.45) is 5.28. The third-order valence-corrected chi connectivity index (χ3v) is 6.43. The lowest BCUT2D eigenvalue weighted by Gasteiger charge is -2.28. The molecule has 4 heteroatoms. The molecule has 1 nitrogen and oxygen atoms in total. The van der Waals surface area contributed by atoms with E-state index in [1.54, 1.807) is 0 Å². The molecule has 0 spiro atoms. The molecule has 2 aromatic rings. The van der Waals surface area contributed by atoms with Crippen LogP contribution in [0.2, 0.25) is 0 Å². The molecule has 0 bridgehead atoms. The Morgan fingerprint density at radius 2 is 1.63 bits per heavy atom. The first kappa shape index (κ1) is 20.1. The maximum atomic E-state index is 12.6. The monoisotopic (exact) mass is 388 g/mol. The van der Waals surface area contributed by atoms with Crippen LogP contribution < -0.4 is 0 Å². The molecular formula is C23H26F2OS.